The summed E-state index contributed by atoms with van der Waals surface area (Å²) in [4.78, 5) is 0. The number of hydrogen-bond donors (Lipinski definition) is 1. The van der Waals surface area contributed by atoms with Gasteiger partial charge in [-0.1, -0.05) is 39.8 Å². The molecule has 0 aliphatic heterocycles. The molecule has 1 N–H and O–H groups in total. The molecule has 0 bridgehead atoms. The Hall–Kier alpha value is -1.02. The highest BCUT2D eigenvalue weighted by molar-refractivity contribution is 5.28. The first-order valence-electron chi connectivity index (χ1n) is 8.37. The second kappa shape index (κ2) is 6.83. The lowest BCUT2D eigenvalue weighted by atomic mass is 9.70. The number of hydrogen-bond acceptors (Lipinski definition) is 2. The van der Waals surface area contributed by atoms with Gasteiger partial charge in [-0.25, -0.2) is 0 Å². The third kappa shape index (κ3) is 4.23. The average Bonchev–Trinajstić information content (AvgIpc) is 2.46. The molecule has 0 amide bonds. The molecule has 3 unspecified atom stereocenters. The standard InChI is InChI=1S/C19H31NO/c1-6-14-8-7-9-16(12-14)21-18-13-15(19(2,3)4)10-11-17(18)20-5/h7-9,12,15,17-18,20H,6,10-11,13H2,1-5H3. The minimum absolute atomic E-state index is 0.278. The van der Waals surface area contributed by atoms with Crippen LogP contribution in [-0.4, -0.2) is 19.2 Å². The second-order valence-corrected chi connectivity index (χ2v) is 7.43. The van der Waals surface area contributed by atoms with Gasteiger partial charge >= 0.3 is 0 Å². The minimum Gasteiger partial charge on any atom is -0.489 e. The normalized spacial score (nSPS) is 26.6. The average molecular weight is 289 g/mol. The van der Waals surface area contributed by atoms with Gasteiger partial charge in [-0.05, 0) is 61.8 Å². The van der Waals surface area contributed by atoms with Crippen LogP contribution in [0.3, 0.4) is 0 Å². The van der Waals surface area contributed by atoms with Crippen molar-refractivity contribution in [3.63, 3.8) is 0 Å². The molecule has 0 saturated heterocycles. The maximum Gasteiger partial charge on any atom is 0.120 e. The molecule has 1 saturated carbocycles. The summed E-state index contributed by atoms with van der Waals surface area (Å²) in [5, 5.41) is 3.45. The number of nitrogens with one attached hydrogen (secondary N) is 1. The molecule has 0 spiro atoms. The lowest BCUT2D eigenvalue weighted by molar-refractivity contribution is 0.0495. The molecule has 3 atom stereocenters. The van der Waals surface area contributed by atoms with E-state index in [2.05, 4.69) is 64.3 Å². The van der Waals surface area contributed by atoms with Crippen molar-refractivity contribution in [3.05, 3.63) is 29.8 Å². The van der Waals surface area contributed by atoms with E-state index in [0.717, 1.165) is 24.5 Å². The summed E-state index contributed by atoms with van der Waals surface area (Å²) in [5.74, 6) is 1.76. The van der Waals surface area contributed by atoms with Crippen LogP contribution in [-0.2, 0) is 6.42 Å². The molecular formula is C19H31NO. The molecular weight excluding hydrogens is 258 g/mol. The molecule has 2 heteroatoms. The van der Waals surface area contributed by atoms with Crippen molar-refractivity contribution in [1.82, 2.24) is 5.32 Å². The molecule has 1 fully saturated rings. The summed E-state index contributed by atoms with van der Waals surface area (Å²) in [6.07, 6.45) is 4.98. The number of aryl methyl sites for hydroxylation is 1. The van der Waals surface area contributed by atoms with Crippen LogP contribution in [0.5, 0.6) is 5.75 Å². The SMILES string of the molecule is CCc1cccc(OC2CC(C(C)(C)C)CCC2NC)c1. The summed E-state index contributed by atoms with van der Waals surface area (Å²) >= 11 is 0. The Morgan fingerprint density at radius 3 is 2.62 bits per heavy atom. The lowest BCUT2D eigenvalue weighted by Gasteiger charge is -2.41. The smallest absolute Gasteiger partial charge is 0.120 e. The zero-order chi connectivity index (χ0) is 15.5. The van der Waals surface area contributed by atoms with Gasteiger partial charge in [0.1, 0.15) is 11.9 Å². The minimum atomic E-state index is 0.278. The van der Waals surface area contributed by atoms with E-state index in [0.29, 0.717) is 11.5 Å². The van der Waals surface area contributed by atoms with Crippen molar-refractivity contribution in [3.8, 4) is 5.75 Å². The van der Waals surface area contributed by atoms with Gasteiger partial charge in [0.25, 0.3) is 0 Å². The van der Waals surface area contributed by atoms with E-state index in [-0.39, 0.29) is 6.10 Å². The Balaban J connectivity index is 2.10. The van der Waals surface area contributed by atoms with Crippen LogP contribution in [0, 0.1) is 11.3 Å². The molecule has 2 nitrogen and oxygen atoms in total. The van der Waals surface area contributed by atoms with Crippen LogP contribution < -0.4 is 10.1 Å². The van der Waals surface area contributed by atoms with Crippen LogP contribution in [0.4, 0.5) is 0 Å². The van der Waals surface area contributed by atoms with E-state index in [1.165, 1.54) is 18.4 Å². The van der Waals surface area contributed by atoms with Crippen LogP contribution in [0.2, 0.25) is 0 Å². The Morgan fingerprint density at radius 1 is 1.24 bits per heavy atom. The number of rotatable bonds is 4. The van der Waals surface area contributed by atoms with Gasteiger partial charge in [-0.3, -0.25) is 0 Å². The molecule has 1 aliphatic rings. The fourth-order valence-corrected chi connectivity index (χ4v) is 3.39. The van der Waals surface area contributed by atoms with Crippen LogP contribution in [0.25, 0.3) is 0 Å². The summed E-state index contributed by atoms with van der Waals surface area (Å²) in [7, 11) is 2.06. The zero-order valence-corrected chi connectivity index (χ0v) is 14.3. The van der Waals surface area contributed by atoms with Gasteiger partial charge < -0.3 is 10.1 Å². The molecule has 21 heavy (non-hydrogen) atoms. The molecule has 118 valence electrons. The van der Waals surface area contributed by atoms with Crippen molar-refractivity contribution in [2.45, 2.75) is 65.5 Å². The van der Waals surface area contributed by atoms with Gasteiger partial charge in [0.15, 0.2) is 0 Å². The molecule has 0 radical (unpaired) electrons. The molecule has 1 aliphatic carbocycles. The number of benzene rings is 1. The maximum absolute atomic E-state index is 6.36. The zero-order valence-electron chi connectivity index (χ0n) is 14.3. The third-order valence-corrected chi connectivity index (χ3v) is 4.98. The van der Waals surface area contributed by atoms with Crippen molar-refractivity contribution in [1.29, 1.82) is 0 Å². The lowest BCUT2D eigenvalue weighted by Crippen LogP contribution is -2.47. The quantitative estimate of drug-likeness (QED) is 0.885. The van der Waals surface area contributed by atoms with Crippen molar-refractivity contribution in [2.24, 2.45) is 11.3 Å². The Bertz CT molecular complexity index is 449. The van der Waals surface area contributed by atoms with E-state index in [1.807, 2.05) is 0 Å². The summed E-state index contributed by atoms with van der Waals surface area (Å²) in [5.41, 5.74) is 1.71. The number of likely N-dealkylation sites (N-methyl/N-ethyl adjacent to an activating group) is 1. The van der Waals surface area contributed by atoms with E-state index >= 15 is 0 Å². The van der Waals surface area contributed by atoms with Crippen LogP contribution in [0.1, 0.15) is 52.5 Å². The monoisotopic (exact) mass is 289 g/mol. The van der Waals surface area contributed by atoms with Gasteiger partial charge in [0.2, 0.25) is 0 Å². The van der Waals surface area contributed by atoms with Gasteiger partial charge in [0.05, 0.1) is 0 Å². The summed E-state index contributed by atoms with van der Waals surface area (Å²) in [6.45, 7) is 9.25. The van der Waals surface area contributed by atoms with Crippen LogP contribution >= 0.6 is 0 Å². The highest BCUT2D eigenvalue weighted by atomic mass is 16.5. The van der Waals surface area contributed by atoms with Crippen LogP contribution in [0.15, 0.2) is 24.3 Å². The molecule has 0 aromatic heterocycles. The number of ether oxygens (including phenoxy) is 1. The van der Waals surface area contributed by atoms with Gasteiger partial charge in [-0.15, -0.1) is 0 Å². The van der Waals surface area contributed by atoms with Crippen molar-refractivity contribution >= 4 is 0 Å². The Kier molecular flexibility index (Phi) is 5.32. The van der Waals surface area contributed by atoms with E-state index in [9.17, 15) is 0 Å². The third-order valence-electron chi connectivity index (χ3n) is 4.98. The fourth-order valence-electron chi connectivity index (χ4n) is 3.39. The highest BCUT2D eigenvalue weighted by Crippen LogP contribution is 2.39. The molecule has 2 rings (SSSR count). The first-order chi connectivity index (χ1) is 9.94. The molecule has 1 aromatic rings. The predicted octanol–water partition coefficient (Wildman–Crippen LogP) is 4.43. The highest BCUT2D eigenvalue weighted by Gasteiger charge is 2.36. The van der Waals surface area contributed by atoms with Crippen molar-refractivity contribution in [2.75, 3.05) is 7.05 Å². The maximum atomic E-state index is 6.36. The first kappa shape index (κ1) is 16.4. The van der Waals surface area contributed by atoms with E-state index in [1.54, 1.807) is 0 Å². The largest absolute Gasteiger partial charge is 0.489 e. The topological polar surface area (TPSA) is 21.3 Å². The van der Waals surface area contributed by atoms with E-state index < -0.39 is 0 Å². The summed E-state index contributed by atoms with van der Waals surface area (Å²) in [6, 6.07) is 9.02. The molecule has 1 aromatic carbocycles. The first-order valence-corrected chi connectivity index (χ1v) is 8.37. The summed E-state index contributed by atoms with van der Waals surface area (Å²) < 4.78 is 6.36. The van der Waals surface area contributed by atoms with E-state index in [4.69, 9.17) is 4.74 Å². The second-order valence-electron chi connectivity index (χ2n) is 7.43. The van der Waals surface area contributed by atoms with Gasteiger partial charge in [0, 0.05) is 6.04 Å². The van der Waals surface area contributed by atoms with Gasteiger partial charge in [-0.2, -0.15) is 0 Å². The van der Waals surface area contributed by atoms with Crippen molar-refractivity contribution < 1.29 is 4.74 Å². The Morgan fingerprint density at radius 2 is 2.00 bits per heavy atom. The Labute approximate surface area is 130 Å². The predicted molar refractivity (Wildman–Crippen MR) is 89.9 cm³/mol. The fraction of sp³-hybridized carbons (Fsp3) is 0.684. The molecule has 0 heterocycles.